The van der Waals surface area contributed by atoms with Gasteiger partial charge in [-0.1, -0.05) is 42.8 Å². The number of fused-ring (bicyclic) bond motifs is 1. The van der Waals surface area contributed by atoms with Crippen LogP contribution in [0.3, 0.4) is 0 Å². The van der Waals surface area contributed by atoms with Crippen molar-refractivity contribution < 1.29 is 23.9 Å². The molecule has 0 saturated carbocycles. The van der Waals surface area contributed by atoms with E-state index in [1.807, 2.05) is 55.1 Å². The summed E-state index contributed by atoms with van der Waals surface area (Å²) < 4.78 is 10.8. The van der Waals surface area contributed by atoms with Crippen molar-refractivity contribution in [2.24, 2.45) is 5.92 Å². The highest BCUT2D eigenvalue weighted by molar-refractivity contribution is 6.07. The van der Waals surface area contributed by atoms with Crippen molar-refractivity contribution in [1.29, 1.82) is 0 Å². The van der Waals surface area contributed by atoms with Gasteiger partial charge in [0.1, 0.15) is 5.54 Å². The van der Waals surface area contributed by atoms with Gasteiger partial charge in [0.15, 0.2) is 11.5 Å². The third-order valence-corrected chi connectivity index (χ3v) is 7.52. The molecule has 1 N–H and O–H groups in total. The number of carbonyl (C=O) groups excluding carboxylic acids is 3. The van der Waals surface area contributed by atoms with Gasteiger partial charge in [0.05, 0.1) is 13.0 Å². The Morgan fingerprint density at radius 1 is 1.06 bits per heavy atom. The number of ether oxygens (including phenoxy) is 2. The number of imide groups is 1. The maximum Gasteiger partial charge on any atom is 0.325 e. The Morgan fingerprint density at radius 2 is 1.83 bits per heavy atom. The lowest BCUT2D eigenvalue weighted by molar-refractivity contribution is -0.136. The number of aryl methyl sites for hydroxylation is 1. The number of nitrogens with one attached hydrogen (secondary N) is 1. The third-order valence-electron chi connectivity index (χ3n) is 7.52. The predicted molar refractivity (Wildman–Crippen MR) is 129 cm³/mol. The van der Waals surface area contributed by atoms with Crippen LogP contribution in [0, 0.1) is 12.8 Å². The minimum atomic E-state index is -0.931. The van der Waals surface area contributed by atoms with Gasteiger partial charge in [-0.05, 0) is 55.4 Å². The van der Waals surface area contributed by atoms with Gasteiger partial charge in [0.2, 0.25) is 12.7 Å². The Bertz CT molecular complexity index is 1160. The average Bonchev–Trinajstić information content (AvgIpc) is 3.42. The molecule has 3 aliphatic rings. The van der Waals surface area contributed by atoms with Gasteiger partial charge in [-0.2, -0.15) is 0 Å². The van der Waals surface area contributed by atoms with Crippen molar-refractivity contribution in [3.05, 3.63) is 59.2 Å². The fourth-order valence-electron chi connectivity index (χ4n) is 5.55. The highest BCUT2D eigenvalue weighted by Gasteiger charge is 2.54. The summed E-state index contributed by atoms with van der Waals surface area (Å²) in [6.45, 7) is 5.48. The molecule has 0 spiro atoms. The van der Waals surface area contributed by atoms with E-state index in [1.165, 1.54) is 4.90 Å². The molecule has 0 aromatic heterocycles. The van der Waals surface area contributed by atoms with Crippen LogP contribution in [-0.2, 0) is 22.6 Å². The summed E-state index contributed by atoms with van der Waals surface area (Å²) in [5, 5.41) is 3.03. The molecule has 5 rings (SSSR count). The molecule has 35 heavy (non-hydrogen) atoms. The van der Waals surface area contributed by atoms with E-state index < -0.39 is 5.54 Å². The Labute approximate surface area is 205 Å². The second-order valence-electron chi connectivity index (χ2n) is 9.65. The SMILES string of the molecule is CCC1(C2CCN(C(=O)Cc3cccc(C)c3)CC2)NC(=O)N(Cc2ccc3c(c2)OCO3)C1=O. The van der Waals surface area contributed by atoms with Crippen LogP contribution in [0.25, 0.3) is 0 Å². The summed E-state index contributed by atoms with van der Waals surface area (Å²) in [5.74, 6) is 1.18. The zero-order valence-corrected chi connectivity index (χ0v) is 20.2. The van der Waals surface area contributed by atoms with Crippen LogP contribution >= 0.6 is 0 Å². The Hall–Kier alpha value is -3.55. The standard InChI is InChI=1S/C27H31N3O5/c1-3-27(21-9-11-29(12-10-21)24(31)15-19-6-4-5-18(2)13-19)25(32)30(26(33)28-27)16-20-7-8-22-23(14-20)35-17-34-22/h4-8,13-14,21H,3,9-12,15-17H2,1-2H3,(H,28,33). The molecule has 2 saturated heterocycles. The molecule has 3 heterocycles. The van der Waals surface area contributed by atoms with Crippen LogP contribution in [-0.4, -0.2) is 53.1 Å². The van der Waals surface area contributed by atoms with E-state index >= 15 is 0 Å². The van der Waals surface area contributed by atoms with E-state index in [1.54, 1.807) is 6.07 Å². The molecule has 0 aliphatic carbocycles. The molecular formula is C27H31N3O5. The van der Waals surface area contributed by atoms with E-state index in [9.17, 15) is 14.4 Å². The number of hydrogen-bond donors (Lipinski definition) is 1. The van der Waals surface area contributed by atoms with Crippen molar-refractivity contribution in [2.75, 3.05) is 19.9 Å². The van der Waals surface area contributed by atoms with E-state index in [2.05, 4.69) is 5.32 Å². The number of urea groups is 1. The summed E-state index contributed by atoms with van der Waals surface area (Å²) in [7, 11) is 0. The van der Waals surface area contributed by atoms with Crippen LogP contribution in [0.1, 0.15) is 42.9 Å². The summed E-state index contributed by atoms with van der Waals surface area (Å²) in [5.41, 5.74) is 2.03. The van der Waals surface area contributed by atoms with Crippen LogP contribution in [0.5, 0.6) is 11.5 Å². The molecule has 1 unspecified atom stereocenters. The molecule has 0 bridgehead atoms. The summed E-state index contributed by atoms with van der Waals surface area (Å²) in [4.78, 5) is 42.6. The largest absolute Gasteiger partial charge is 0.454 e. The molecule has 2 aromatic carbocycles. The highest BCUT2D eigenvalue weighted by Crippen LogP contribution is 2.38. The van der Waals surface area contributed by atoms with Crippen molar-refractivity contribution >= 4 is 17.8 Å². The van der Waals surface area contributed by atoms with Crippen LogP contribution in [0.4, 0.5) is 4.79 Å². The maximum atomic E-state index is 13.6. The van der Waals surface area contributed by atoms with Gasteiger partial charge in [0.25, 0.3) is 5.91 Å². The van der Waals surface area contributed by atoms with E-state index in [4.69, 9.17) is 9.47 Å². The zero-order chi connectivity index (χ0) is 24.6. The van der Waals surface area contributed by atoms with Gasteiger partial charge in [0, 0.05) is 13.1 Å². The number of carbonyl (C=O) groups is 3. The molecule has 1 atom stereocenters. The number of amides is 4. The second kappa shape index (κ2) is 9.24. The fraction of sp³-hybridized carbons (Fsp3) is 0.444. The first-order valence-corrected chi connectivity index (χ1v) is 12.3. The number of hydrogen-bond acceptors (Lipinski definition) is 5. The molecule has 2 fully saturated rings. The van der Waals surface area contributed by atoms with Crippen LogP contribution < -0.4 is 14.8 Å². The van der Waals surface area contributed by atoms with Crippen molar-refractivity contribution in [2.45, 2.75) is 51.6 Å². The smallest absolute Gasteiger partial charge is 0.325 e. The molecule has 8 heteroatoms. The van der Waals surface area contributed by atoms with Gasteiger partial charge >= 0.3 is 6.03 Å². The molecular weight excluding hydrogens is 446 g/mol. The topological polar surface area (TPSA) is 88.2 Å². The van der Waals surface area contributed by atoms with Crippen LogP contribution in [0.15, 0.2) is 42.5 Å². The normalized spacial score (nSPS) is 22.0. The lowest BCUT2D eigenvalue weighted by Crippen LogP contribution is -2.56. The molecule has 3 aliphatic heterocycles. The van der Waals surface area contributed by atoms with Gasteiger partial charge in [-0.25, -0.2) is 4.79 Å². The minimum absolute atomic E-state index is 0.0197. The van der Waals surface area contributed by atoms with Crippen molar-refractivity contribution in [3.8, 4) is 11.5 Å². The van der Waals surface area contributed by atoms with E-state index in [0.29, 0.717) is 50.3 Å². The third kappa shape index (κ3) is 4.33. The van der Waals surface area contributed by atoms with Gasteiger partial charge < -0.3 is 19.7 Å². The summed E-state index contributed by atoms with van der Waals surface area (Å²) in [6, 6.07) is 13.1. The Kier molecular flexibility index (Phi) is 6.13. The van der Waals surface area contributed by atoms with Gasteiger partial charge in [-0.3, -0.25) is 14.5 Å². The maximum absolute atomic E-state index is 13.6. The quantitative estimate of drug-likeness (QED) is 0.645. The summed E-state index contributed by atoms with van der Waals surface area (Å²) in [6.07, 6.45) is 2.25. The Balaban J connectivity index is 1.24. The first kappa shape index (κ1) is 23.2. The monoisotopic (exact) mass is 477 g/mol. The van der Waals surface area contributed by atoms with E-state index in [-0.39, 0.29) is 37.1 Å². The number of nitrogens with zero attached hydrogens (tertiary/aromatic N) is 2. The fourth-order valence-corrected chi connectivity index (χ4v) is 5.55. The van der Waals surface area contributed by atoms with Gasteiger partial charge in [-0.15, -0.1) is 0 Å². The number of likely N-dealkylation sites (tertiary alicyclic amines) is 1. The average molecular weight is 478 g/mol. The summed E-state index contributed by atoms with van der Waals surface area (Å²) >= 11 is 0. The second-order valence-corrected chi connectivity index (χ2v) is 9.65. The van der Waals surface area contributed by atoms with Crippen molar-refractivity contribution in [1.82, 2.24) is 15.1 Å². The predicted octanol–water partition coefficient (Wildman–Crippen LogP) is 3.41. The zero-order valence-electron chi connectivity index (χ0n) is 20.2. The molecule has 8 nitrogen and oxygen atoms in total. The minimum Gasteiger partial charge on any atom is -0.454 e. The number of piperidine rings is 1. The van der Waals surface area contributed by atoms with E-state index in [0.717, 1.165) is 16.7 Å². The lowest BCUT2D eigenvalue weighted by atomic mass is 9.75. The first-order chi connectivity index (χ1) is 16.9. The Morgan fingerprint density at radius 3 is 2.57 bits per heavy atom. The van der Waals surface area contributed by atoms with Crippen molar-refractivity contribution in [3.63, 3.8) is 0 Å². The highest BCUT2D eigenvalue weighted by atomic mass is 16.7. The molecule has 0 radical (unpaired) electrons. The number of benzene rings is 2. The first-order valence-electron chi connectivity index (χ1n) is 12.3. The lowest BCUT2D eigenvalue weighted by Gasteiger charge is -2.40. The number of rotatable bonds is 6. The molecule has 2 aromatic rings. The van der Waals surface area contributed by atoms with Crippen LogP contribution in [0.2, 0.25) is 0 Å². The molecule has 4 amide bonds. The molecule has 184 valence electrons.